The van der Waals surface area contributed by atoms with Crippen molar-refractivity contribution in [1.82, 2.24) is 10.3 Å². The molecular formula is C12H13N3O4S. The zero-order chi connectivity index (χ0) is 14.5. The van der Waals surface area contributed by atoms with Crippen LogP contribution in [0.3, 0.4) is 0 Å². The number of ether oxygens (including phenoxy) is 1. The molecule has 0 fully saturated rings. The molecule has 1 unspecified atom stereocenters. The summed E-state index contributed by atoms with van der Waals surface area (Å²) in [4.78, 5) is 26.7. The number of methoxy groups -OCH3 is 1. The van der Waals surface area contributed by atoms with Crippen LogP contribution < -0.4 is 10.6 Å². The third-order valence-corrected chi connectivity index (χ3v) is 3.32. The first-order valence-corrected chi connectivity index (χ1v) is 6.60. The first-order valence-electron chi connectivity index (χ1n) is 5.72. The van der Waals surface area contributed by atoms with Crippen LogP contribution >= 0.6 is 11.3 Å². The zero-order valence-corrected chi connectivity index (χ0v) is 11.4. The van der Waals surface area contributed by atoms with Gasteiger partial charge in [0.05, 0.1) is 22.3 Å². The van der Waals surface area contributed by atoms with Gasteiger partial charge in [-0.1, -0.05) is 0 Å². The molecule has 20 heavy (non-hydrogen) atoms. The highest BCUT2D eigenvalue weighted by Gasteiger charge is 2.19. The number of hydrogen-bond donors (Lipinski definition) is 3. The van der Waals surface area contributed by atoms with Crippen LogP contribution in [0.4, 0.5) is 10.5 Å². The Morgan fingerprint density at radius 1 is 1.50 bits per heavy atom. The monoisotopic (exact) mass is 295 g/mol. The number of aromatic nitrogens is 1. The van der Waals surface area contributed by atoms with Crippen molar-refractivity contribution >= 4 is 39.2 Å². The molecule has 1 aromatic carbocycles. The maximum Gasteiger partial charge on any atom is 0.328 e. The Kier molecular flexibility index (Phi) is 4.49. The van der Waals surface area contributed by atoms with Crippen LogP contribution in [0.1, 0.15) is 0 Å². The number of rotatable bonds is 5. The van der Waals surface area contributed by atoms with Crippen molar-refractivity contribution in [2.45, 2.75) is 6.04 Å². The van der Waals surface area contributed by atoms with Gasteiger partial charge in [-0.15, -0.1) is 11.3 Å². The van der Waals surface area contributed by atoms with Gasteiger partial charge in [0, 0.05) is 12.8 Å². The molecule has 0 bridgehead atoms. The number of thiazole rings is 1. The molecule has 0 spiro atoms. The van der Waals surface area contributed by atoms with Crippen molar-refractivity contribution in [2.75, 3.05) is 19.0 Å². The normalized spacial score (nSPS) is 12.1. The number of amides is 2. The van der Waals surface area contributed by atoms with E-state index in [2.05, 4.69) is 15.6 Å². The number of carbonyl (C=O) groups excluding carboxylic acids is 1. The number of urea groups is 1. The van der Waals surface area contributed by atoms with Crippen molar-refractivity contribution in [3.05, 3.63) is 23.7 Å². The fourth-order valence-electron chi connectivity index (χ4n) is 1.60. The van der Waals surface area contributed by atoms with E-state index in [1.165, 1.54) is 18.4 Å². The smallest absolute Gasteiger partial charge is 0.328 e. The lowest BCUT2D eigenvalue weighted by atomic mass is 10.3. The minimum absolute atomic E-state index is 0.101. The summed E-state index contributed by atoms with van der Waals surface area (Å²) in [6.07, 6.45) is 0. The SMILES string of the molecule is COCC(NC(=O)Nc1ccc2ncsc2c1)C(=O)O. The molecule has 1 aromatic heterocycles. The predicted molar refractivity (Wildman–Crippen MR) is 75.1 cm³/mol. The van der Waals surface area contributed by atoms with Gasteiger partial charge in [-0.05, 0) is 18.2 Å². The van der Waals surface area contributed by atoms with Crippen molar-refractivity contribution in [3.63, 3.8) is 0 Å². The first kappa shape index (κ1) is 14.2. The van der Waals surface area contributed by atoms with E-state index in [9.17, 15) is 9.59 Å². The second kappa shape index (κ2) is 6.31. The van der Waals surface area contributed by atoms with Crippen LogP contribution in [0.5, 0.6) is 0 Å². The third kappa shape index (κ3) is 3.43. The second-order valence-electron chi connectivity index (χ2n) is 3.98. The van der Waals surface area contributed by atoms with E-state index in [1.807, 2.05) is 0 Å². The molecule has 0 aliphatic carbocycles. The van der Waals surface area contributed by atoms with Crippen LogP contribution in [0.25, 0.3) is 10.2 Å². The Hall–Kier alpha value is -2.19. The van der Waals surface area contributed by atoms with Crippen LogP contribution in [0, 0.1) is 0 Å². The molecule has 1 atom stereocenters. The van der Waals surface area contributed by atoms with Crippen LogP contribution in [0.2, 0.25) is 0 Å². The molecule has 7 nitrogen and oxygen atoms in total. The van der Waals surface area contributed by atoms with Crippen LogP contribution in [-0.4, -0.2) is 41.8 Å². The Labute approximate surface area is 118 Å². The molecule has 0 saturated heterocycles. The summed E-state index contributed by atoms with van der Waals surface area (Å²) in [5, 5.41) is 13.8. The maximum absolute atomic E-state index is 11.7. The van der Waals surface area contributed by atoms with Gasteiger partial charge in [0.15, 0.2) is 6.04 Å². The molecule has 0 aliphatic rings. The van der Waals surface area contributed by atoms with Crippen molar-refractivity contribution in [1.29, 1.82) is 0 Å². The van der Waals surface area contributed by atoms with Gasteiger partial charge in [0.1, 0.15) is 0 Å². The number of carbonyl (C=O) groups is 2. The molecule has 0 saturated carbocycles. The lowest BCUT2D eigenvalue weighted by Gasteiger charge is -2.14. The average molecular weight is 295 g/mol. The number of anilines is 1. The highest BCUT2D eigenvalue weighted by atomic mass is 32.1. The van der Waals surface area contributed by atoms with Crippen LogP contribution in [0.15, 0.2) is 23.7 Å². The van der Waals surface area contributed by atoms with Crippen molar-refractivity contribution < 1.29 is 19.4 Å². The van der Waals surface area contributed by atoms with Gasteiger partial charge < -0.3 is 20.5 Å². The highest BCUT2D eigenvalue weighted by Crippen LogP contribution is 2.21. The van der Waals surface area contributed by atoms with Crippen molar-refractivity contribution in [2.24, 2.45) is 0 Å². The lowest BCUT2D eigenvalue weighted by Crippen LogP contribution is -2.45. The van der Waals surface area contributed by atoms with Gasteiger partial charge in [-0.2, -0.15) is 0 Å². The molecule has 2 amide bonds. The fourth-order valence-corrected chi connectivity index (χ4v) is 2.32. The summed E-state index contributed by atoms with van der Waals surface area (Å²) in [7, 11) is 1.37. The molecular weight excluding hydrogens is 282 g/mol. The number of nitrogens with zero attached hydrogens (tertiary/aromatic N) is 1. The average Bonchev–Trinajstić information content (AvgIpc) is 2.85. The van der Waals surface area contributed by atoms with E-state index in [0.717, 1.165) is 10.2 Å². The Balaban J connectivity index is 2.01. The molecule has 0 aliphatic heterocycles. The van der Waals surface area contributed by atoms with Gasteiger partial charge in [0.25, 0.3) is 0 Å². The highest BCUT2D eigenvalue weighted by molar-refractivity contribution is 7.16. The number of benzene rings is 1. The minimum Gasteiger partial charge on any atom is -0.480 e. The molecule has 2 rings (SSSR count). The lowest BCUT2D eigenvalue weighted by molar-refractivity contribution is -0.140. The second-order valence-corrected chi connectivity index (χ2v) is 4.87. The number of hydrogen-bond acceptors (Lipinski definition) is 5. The van der Waals surface area contributed by atoms with Gasteiger partial charge in [0.2, 0.25) is 0 Å². The number of fused-ring (bicyclic) bond motifs is 1. The third-order valence-electron chi connectivity index (χ3n) is 2.53. The van der Waals surface area contributed by atoms with E-state index in [-0.39, 0.29) is 6.61 Å². The molecule has 1 heterocycles. The quantitative estimate of drug-likeness (QED) is 0.776. The standard InChI is InChI=1S/C12H13N3O4S/c1-19-5-9(11(16)17)15-12(18)14-7-2-3-8-10(4-7)20-6-13-8/h2-4,6,9H,5H2,1H3,(H,16,17)(H2,14,15,18). The molecule has 106 valence electrons. The minimum atomic E-state index is -1.15. The Morgan fingerprint density at radius 3 is 3.00 bits per heavy atom. The number of carboxylic acid groups (broad SMARTS) is 1. The van der Waals surface area contributed by atoms with Crippen molar-refractivity contribution in [3.8, 4) is 0 Å². The molecule has 2 aromatic rings. The summed E-state index contributed by atoms with van der Waals surface area (Å²) < 4.78 is 5.67. The molecule has 8 heteroatoms. The largest absolute Gasteiger partial charge is 0.480 e. The topological polar surface area (TPSA) is 101 Å². The van der Waals surface area contributed by atoms with E-state index >= 15 is 0 Å². The summed E-state index contributed by atoms with van der Waals surface area (Å²) in [6, 6.07) is 3.57. The van der Waals surface area contributed by atoms with E-state index in [4.69, 9.17) is 9.84 Å². The summed E-state index contributed by atoms with van der Waals surface area (Å²) >= 11 is 1.46. The van der Waals surface area contributed by atoms with Gasteiger partial charge in [-0.25, -0.2) is 14.6 Å². The summed E-state index contributed by atoms with van der Waals surface area (Å²) in [6.45, 7) is -0.101. The summed E-state index contributed by atoms with van der Waals surface area (Å²) in [5.74, 6) is -1.15. The first-order chi connectivity index (χ1) is 9.60. The number of nitrogens with one attached hydrogen (secondary N) is 2. The Morgan fingerprint density at radius 2 is 2.30 bits per heavy atom. The predicted octanol–water partition coefficient (Wildman–Crippen LogP) is 1.52. The molecule has 0 radical (unpaired) electrons. The van der Waals surface area contributed by atoms with Crippen LogP contribution in [-0.2, 0) is 9.53 Å². The zero-order valence-electron chi connectivity index (χ0n) is 10.6. The Bertz CT molecular complexity index is 628. The maximum atomic E-state index is 11.7. The van der Waals surface area contributed by atoms with Gasteiger partial charge in [-0.3, -0.25) is 0 Å². The van der Waals surface area contributed by atoms with E-state index < -0.39 is 18.0 Å². The summed E-state index contributed by atoms with van der Waals surface area (Å²) in [5.41, 5.74) is 3.14. The van der Waals surface area contributed by atoms with Gasteiger partial charge >= 0.3 is 12.0 Å². The van der Waals surface area contributed by atoms with E-state index in [0.29, 0.717) is 5.69 Å². The fraction of sp³-hybridized carbons (Fsp3) is 0.250. The molecule has 3 N–H and O–H groups in total. The van der Waals surface area contributed by atoms with E-state index in [1.54, 1.807) is 23.7 Å². The number of carboxylic acids is 1. The number of aliphatic carboxylic acids is 1.